The Morgan fingerprint density at radius 3 is 2.47 bits per heavy atom. The Bertz CT molecular complexity index is 380. The molecular formula is C12H16BrNO3. The fourth-order valence-electron chi connectivity index (χ4n) is 1.55. The predicted octanol–water partition coefficient (Wildman–Crippen LogP) is 2.74. The minimum Gasteiger partial charge on any atom is -0.479 e. The van der Waals surface area contributed by atoms with Crippen molar-refractivity contribution < 1.29 is 14.6 Å². The first-order valence-corrected chi connectivity index (χ1v) is 6.09. The summed E-state index contributed by atoms with van der Waals surface area (Å²) in [5.41, 5.74) is -0.322. The van der Waals surface area contributed by atoms with Crippen molar-refractivity contribution >= 4 is 27.6 Å². The summed E-state index contributed by atoms with van der Waals surface area (Å²) < 4.78 is 5.95. The van der Waals surface area contributed by atoms with Crippen molar-refractivity contribution in [2.75, 3.05) is 19.0 Å². The van der Waals surface area contributed by atoms with Gasteiger partial charge in [-0.15, -0.1) is 0 Å². The molecular weight excluding hydrogens is 286 g/mol. The van der Waals surface area contributed by atoms with E-state index in [-0.39, 0.29) is 6.61 Å². The van der Waals surface area contributed by atoms with Gasteiger partial charge in [-0.1, -0.05) is 22.9 Å². The van der Waals surface area contributed by atoms with Crippen molar-refractivity contribution in [1.82, 2.24) is 0 Å². The third kappa shape index (κ3) is 3.44. The Balaban J connectivity index is 2.92. The lowest BCUT2D eigenvalue weighted by Gasteiger charge is -2.29. The number of nitrogens with one attached hydrogen (secondary N) is 1. The van der Waals surface area contributed by atoms with E-state index < -0.39 is 11.5 Å². The average molecular weight is 302 g/mol. The van der Waals surface area contributed by atoms with E-state index in [1.54, 1.807) is 0 Å². The van der Waals surface area contributed by atoms with Crippen LogP contribution >= 0.6 is 15.9 Å². The molecule has 0 amide bonds. The first-order chi connectivity index (χ1) is 8.04. The van der Waals surface area contributed by atoms with E-state index >= 15 is 0 Å². The number of carboxylic acids is 1. The van der Waals surface area contributed by atoms with Crippen LogP contribution in [0.3, 0.4) is 0 Å². The van der Waals surface area contributed by atoms with Gasteiger partial charge in [0.1, 0.15) is 0 Å². The quantitative estimate of drug-likeness (QED) is 0.848. The highest BCUT2D eigenvalue weighted by atomic mass is 79.9. The van der Waals surface area contributed by atoms with Gasteiger partial charge >= 0.3 is 5.97 Å². The van der Waals surface area contributed by atoms with Gasteiger partial charge in [-0.2, -0.15) is 0 Å². The van der Waals surface area contributed by atoms with Gasteiger partial charge in [-0.3, -0.25) is 0 Å². The Labute approximate surface area is 109 Å². The summed E-state index contributed by atoms with van der Waals surface area (Å²) in [6.45, 7) is 1.94. The molecule has 2 N–H and O–H groups in total. The second-order valence-electron chi connectivity index (χ2n) is 3.81. The molecule has 5 heteroatoms. The molecule has 0 saturated heterocycles. The lowest BCUT2D eigenvalue weighted by atomic mass is 9.97. The molecule has 1 aromatic carbocycles. The van der Waals surface area contributed by atoms with Gasteiger partial charge in [0, 0.05) is 17.3 Å². The van der Waals surface area contributed by atoms with E-state index in [0.717, 1.165) is 10.2 Å². The molecule has 94 valence electrons. The SMILES string of the molecule is CCC(COC)(Nc1ccc(Br)cc1)C(=O)O. The van der Waals surface area contributed by atoms with Crippen molar-refractivity contribution in [1.29, 1.82) is 0 Å². The molecule has 0 saturated carbocycles. The number of halogens is 1. The summed E-state index contributed by atoms with van der Waals surface area (Å²) >= 11 is 3.33. The molecule has 0 aromatic heterocycles. The number of anilines is 1. The molecule has 0 aliphatic rings. The summed E-state index contributed by atoms with van der Waals surface area (Å²) in [6, 6.07) is 7.37. The van der Waals surface area contributed by atoms with Crippen LogP contribution in [0.5, 0.6) is 0 Å². The van der Waals surface area contributed by atoms with Gasteiger partial charge in [0.05, 0.1) is 6.61 Å². The minimum atomic E-state index is -1.08. The zero-order chi connectivity index (χ0) is 12.9. The molecule has 0 heterocycles. The number of hydrogen-bond acceptors (Lipinski definition) is 3. The zero-order valence-corrected chi connectivity index (χ0v) is 11.5. The van der Waals surface area contributed by atoms with E-state index in [9.17, 15) is 9.90 Å². The first-order valence-electron chi connectivity index (χ1n) is 5.30. The molecule has 0 fully saturated rings. The van der Waals surface area contributed by atoms with Gasteiger partial charge in [-0.25, -0.2) is 4.79 Å². The number of carbonyl (C=O) groups is 1. The fraction of sp³-hybridized carbons (Fsp3) is 0.417. The van der Waals surface area contributed by atoms with Crippen molar-refractivity contribution in [2.45, 2.75) is 18.9 Å². The number of carboxylic acid groups (broad SMARTS) is 1. The maximum absolute atomic E-state index is 11.4. The van der Waals surface area contributed by atoms with Crippen LogP contribution in [0.1, 0.15) is 13.3 Å². The lowest BCUT2D eigenvalue weighted by Crippen LogP contribution is -2.49. The topological polar surface area (TPSA) is 58.6 Å². The molecule has 0 aliphatic carbocycles. The van der Waals surface area contributed by atoms with Gasteiger partial charge < -0.3 is 15.2 Å². The van der Waals surface area contributed by atoms with Gasteiger partial charge in [0.25, 0.3) is 0 Å². The second kappa shape index (κ2) is 6.02. The predicted molar refractivity (Wildman–Crippen MR) is 70.3 cm³/mol. The van der Waals surface area contributed by atoms with Crippen molar-refractivity contribution in [3.63, 3.8) is 0 Å². The molecule has 0 radical (unpaired) electrons. The molecule has 0 bridgehead atoms. The molecule has 0 aliphatic heterocycles. The zero-order valence-electron chi connectivity index (χ0n) is 9.87. The van der Waals surface area contributed by atoms with Crippen LogP contribution in [0.4, 0.5) is 5.69 Å². The number of rotatable bonds is 6. The van der Waals surface area contributed by atoms with Crippen LogP contribution in [0.2, 0.25) is 0 Å². The monoisotopic (exact) mass is 301 g/mol. The number of ether oxygens (including phenoxy) is 1. The fourth-order valence-corrected chi connectivity index (χ4v) is 1.81. The van der Waals surface area contributed by atoms with Crippen LogP contribution in [0, 0.1) is 0 Å². The van der Waals surface area contributed by atoms with E-state index in [4.69, 9.17) is 4.74 Å². The summed E-state index contributed by atoms with van der Waals surface area (Å²) in [5.74, 6) is -0.912. The summed E-state index contributed by atoms with van der Waals surface area (Å²) in [4.78, 5) is 11.4. The highest BCUT2D eigenvalue weighted by Gasteiger charge is 2.36. The Kier molecular flexibility index (Phi) is 4.96. The molecule has 1 unspecified atom stereocenters. The number of aliphatic carboxylic acids is 1. The summed E-state index contributed by atoms with van der Waals surface area (Å²) in [5, 5.41) is 12.3. The van der Waals surface area contributed by atoms with E-state index in [1.165, 1.54) is 7.11 Å². The Morgan fingerprint density at radius 1 is 1.47 bits per heavy atom. The van der Waals surface area contributed by atoms with Crippen LogP contribution in [-0.4, -0.2) is 30.3 Å². The highest BCUT2D eigenvalue weighted by molar-refractivity contribution is 9.10. The molecule has 0 spiro atoms. The normalized spacial score (nSPS) is 14.1. The van der Waals surface area contributed by atoms with Crippen molar-refractivity contribution in [3.8, 4) is 0 Å². The lowest BCUT2D eigenvalue weighted by molar-refractivity contribution is -0.144. The molecule has 1 atom stereocenters. The van der Waals surface area contributed by atoms with E-state index in [0.29, 0.717) is 6.42 Å². The largest absolute Gasteiger partial charge is 0.479 e. The summed E-state index contributed by atoms with van der Waals surface area (Å²) in [6.07, 6.45) is 0.437. The number of methoxy groups -OCH3 is 1. The number of hydrogen-bond donors (Lipinski definition) is 2. The Morgan fingerprint density at radius 2 is 2.06 bits per heavy atom. The molecule has 1 aromatic rings. The standard InChI is InChI=1S/C12H16BrNO3/c1-3-12(8-17-2,11(15)16)14-10-6-4-9(13)5-7-10/h4-7,14H,3,8H2,1-2H3,(H,15,16). The second-order valence-corrected chi connectivity index (χ2v) is 4.72. The maximum atomic E-state index is 11.4. The van der Waals surface area contributed by atoms with Gasteiger partial charge in [-0.05, 0) is 30.7 Å². The van der Waals surface area contributed by atoms with E-state index in [1.807, 2.05) is 31.2 Å². The first kappa shape index (κ1) is 14.0. The Hall–Kier alpha value is -1.07. The molecule has 4 nitrogen and oxygen atoms in total. The third-order valence-corrected chi connectivity index (χ3v) is 3.16. The van der Waals surface area contributed by atoms with E-state index in [2.05, 4.69) is 21.2 Å². The molecule has 17 heavy (non-hydrogen) atoms. The highest BCUT2D eigenvalue weighted by Crippen LogP contribution is 2.21. The van der Waals surface area contributed by atoms with Crippen LogP contribution in [-0.2, 0) is 9.53 Å². The average Bonchev–Trinajstić information content (AvgIpc) is 2.31. The molecule has 1 rings (SSSR count). The van der Waals surface area contributed by atoms with Crippen molar-refractivity contribution in [3.05, 3.63) is 28.7 Å². The third-order valence-electron chi connectivity index (χ3n) is 2.63. The number of benzene rings is 1. The van der Waals surface area contributed by atoms with Crippen LogP contribution in [0.15, 0.2) is 28.7 Å². The van der Waals surface area contributed by atoms with Gasteiger partial charge in [0.2, 0.25) is 0 Å². The van der Waals surface area contributed by atoms with Crippen LogP contribution < -0.4 is 5.32 Å². The summed E-state index contributed by atoms with van der Waals surface area (Å²) in [7, 11) is 1.50. The van der Waals surface area contributed by atoms with Crippen LogP contribution in [0.25, 0.3) is 0 Å². The minimum absolute atomic E-state index is 0.120. The maximum Gasteiger partial charge on any atom is 0.331 e. The smallest absolute Gasteiger partial charge is 0.331 e. The van der Waals surface area contributed by atoms with Gasteiger partial charge in [0.15, 0.2) is 5.54 Å². The van der Waals surface area contributed by atoms with Crippen molar-refractivity contribution in [2.24, 2.45) is 0 Å².